The average Bonchev–Trinajstić information content (AvgIpc) is 3.58. The van der Waals surface area contributed by atoms with Gasteiger partial charge in [-0.15, -0.1) is 0 Å². The molecule has 0 aromatic heterocycles. The third-order valence-electron chi connectivity index (χ3n) is 8.50. The van der Waals surface area contributed by atoms with Gasteiger partial charge in [-0.2, -0.15) is 0 Å². The first-order chi connectivity index (χ1) is 19.4. The van der Waals surface area contributed by atoms with E-state index in [0.29, 0.717) is 5.92 Å². The zero-order chi connectivity index (χ0) is 27.8. The molecule has 1 unspecified atom stereocenters. The van der Waals surface area contributed by atoms with Crippen molar-refractivity contribution in [1.82, 2.24) is 10.7 Å². The van der Waals surface area contributed by atoms with Crippen molar-refractivity contribution in [2.45, 2.75) is 39.2 Å². The number of halogens is 1. The minimum Gasteiger partial charge on any atom is -0.331 e. The molecule has 204 valence electrons. The van der Waals surface area contributed by atoms with Gasteiger partial charge in [-0.05, 0) is 91.3 Å². The number of nitrogens with one attached hydrogen (secondary N) is 2. The molecule has 0 bridgehead atoms. The number of hydrazine groups is 1. The number of hydrogen-bond acceptors (Lipinski definition) is 3. The van der Waals surface area contributed by atoms with Crippen molar-refractivity contribution in [1.29, 1.82) is 0 Å². The van der Waals surface area contributed by atoms with E-state index in [1.165, 1.54) is 28.9 Å². The van der Waals surface area contributed by atoms with Gasteiger partial charge in [0.2, 0.25) is 0 Å². The summed E-state index contributed by atoms with van der Waals surface area (Å²) in [4.78, 5) is 15.1. The van der Waals surface area contributed by atoms with Crippen LogP contribution in [0.2, 0.25) is 0 Å². The lowest BCUT2D eigenvalue weighted by molar-refractivity contribution is 0.241. The Morgan fingerprint density at radius 2 is 1.88 bits per heavy atom. The van der Waals surface area contributed by atoms with Crippen molar-refractivity contribution in [2.24, 2.45) is 11.8 Å². The van der Waals surface area contributed by atoms with Gasteiger partial charge in [-0.3, -0.25) is 9.91 Å². The predicted molar refractivity (Wildman–Crippen MR) is 159 cm³/mol. The summed E-state index contributed by atoms with van der Waals surface area (Å²) in [5, 5.41) is 5.39. The summed E-state index contributed by atoms with van der Waals surface area (Å²) >= 11 is 0. The van der Waals surface area contributed by atoms with E-state index < -0.39 is 0 Å². The molecule has 3 atom stereocenters. The van der Waals surface area contributed by atoms with Crippen molar-refractivity contribution in [2.75, 3.05) is 17.0 Å². The molecule has 2 aliphatic carbocycles. The standard InChI is InChI=1S/C34H35FN4O/c1-22-8-7-11-29(18-22)38(3)34(40)37-31(24-9-5-4-6-10-24)19-25-12-13-26-20-32-30(23(2)33(25)26)21-36-39(32)28-16-14-27(35)15-17-28/h4-11,14-18,20-21,23,25,31,36H,12-13,19H2,1-3H3,(H,37,40)/t23-,25+,31?/m0/s1. The van der Waals surface area contributed by atoms with Crippen LogP contribution in [0.3, 0.4) is 0 Å². The van der Waals surface area contributed by atoms with Crippen LogP contribution >= 0.6 is 0 Å². The van der Waals surface area contributed by atoms with E-state index in [1.54, 1.807) is 17.0 Å². The van der Waals surface area contributed by atoms with E-state index in [2.05, 4.69) is 42.1 Å². The Kier molecular flexibility index (Phi) is 6.93. The van der Waals surface area contributed by atoms with E-state index in [4.69, 9.17) is 0 Å². The summed E-state index contributed by atoms with van der Waals surface area (Å²) in [6.45, 7) is 4.32. The topological polar surface area (TPSA) is 47.6 Å². The van der Waals surface area contributed by atoms with Crippen LogP contribution in [0.4, 0.5) is 20.6 Å². The third kappa shape index (κ3) is 4.90. The monoisotopic (exact) mass is 534 g/mol. The number of anilines is 2. The maximum absolute atomic E-state index is 13.5. The van der Waals surface area contributed by atoms with Crippen LogP contribution in [-0.2, 0) is 0 Å². The molecule has 6 heteroatoms. The molecule has 0 fully saturated rings. The fraction of sp³-hybridized carbons (Fsp3) is 0.265. The van der Waals surface area contributed by atoms with Gasteiger partial charge in [-0.25, -0.2) is 9.18 Å². The van der Waals surface area contributed by atoms with Crippen LogP contribution in [0.25, 0.3) is 0 Å². The molecule has 3 aromatic rings. The van der Waals surface area contributed by atoms with Gasteiger partial charge in [0.25, 0.3) is 0 Å². The van der Waals surface area contributed by atoms with Gasteiger partial charge < -0.3 is 10.7 Å². The Morgan fingerprint density at radius 3 is 2.62 bits per heavy atom. The normalized spacial score (nSPS) is 20.2. The number of benzene rings is 3. The van der Waals surface area contributed by atoms with Crippen molar-refractivity contribution in [3.63, 3.8) is 0 Å². The second-order valence-electron chi connectivity index (χ2n) is 11.1. The molecule has 5 nitrogen and oxygen atoms in total. The van der Waals surface area contributed by atoms with E-state index in [9.17, 15) is 9.18 Å². The number of allylic oxidation sites excluding steroid dienone is 4. The molecule has 40 heavy (non-hydrogen) atoms. The number of fused-ring (bicyclic) bond motifs is 1. The van der Waals surface area contributed by atoms with Crippen LogP contribution in [-0.4, -0.2) is 13.1 Å². The number of carbonyl (C=O) groups excluding carboxylic acids is 1. The van der Waals surface area contributed by atoms with E-state index in [1.807, 2.05) is 61.4 Å². The zero-order valence-corrected chi connectivity index (χ0v) is 23.2. The number of carbonyl (C=O) groups is 1. The second-order valence-corrected chi connectivity index (χ2v) is 11.1. The molecule has 3 aromatic carbocycles. The van der Waals surface area contributed by atoms with E-state index in [-0.39, 0.29) is 23.8 Å². The van der Waals surface area contributed by atoms with E-state index >= 15 is 0 Å². The summed E-state index contributed by atoms with van der Waals surface area (Å²) in [6, 6.07) is 24.7. The highest BCUT2D eigenvalue weighted by Gasteiger charge is 2.39. The van der Waals surface area contributed by atoms with Crippen LogP contribution < -0.4 is 20.7 Å². The number of urea groups is 1. The Hall–Kier alpha value is -4.32. The molecular formula is C34H35FN4O. The van der Waals surface area contributed by atoms with Crippen molar-refractivity contribution in [3.8, 4) is 0 Å². The number of rotatable bonds is 6. The maximum atomic E-state index is 13.5. The minimum atomic E-state index is -0.240. The molecule has 1 heterocycles. The zero-order valence-electron chi connectivity index (χ0n) is 23.2. The Bertz CT molecular complexity index is 1510. The third-order valence-corrected chi connectivity index (χ3v) is 8.50. The first-order valence-electron chi connectivity index (χ1n) is 14.0. The van der Waals surface area contributed by atoms with Gasteiger partial charge in [-0.1, -0.05) is 55.0 Å². The van der Waals surface area contributed by atoms with Crippen LogP contribution in [0, 0.1) is 24.6 Å². The van der Waals surface area contributed by atoms with Gasteiger partial charge in [0.1, 0.15) is 5.82 Å². The summed E-state index contributed by atoms with van der Waals surface area (Å²) in [6.07, 6.45) is 7.28. The van der Waals surface area contributed by atoms with Crippen molar-refractivity contribution in [3.05, 3.63) is 130 Å². The highest BCUT2D eigenvalue weighted by molar-refractivity contribution is 5.91. The second kappa shape index (κ2) is 10.7. The Morgan fingerprint density at radius 1 is 1.10 bits per heavy atom. The molecule has 3 aliphatic rings. The van der Waals surface area contributed by atoms with Crippen LogP contribution in [0.5, 0.6) is 0 Å². The predicted octanol–water partition coefficient (Wildman–Crippen LogP) is 7.56. The van der Waals surface area contributed by atoms with Crippen molar-refractivity contribution >= 4 is 17.4 Å². The maximum Gasteiger partial charge on any atom is 0.322 e. The fourth-order valence-electron chi connectivity index (χ4n) is 6.41. The SMILES string of the molecule is Cc1cccc(N(C)C(=O)NC(C[C@H]2CCC3=C2[C@@H](C)C2=CNN(c4ccc(F)cc4)C2=C3)c2ccccc2)c1. The van der Waals surface area contributed by atoms with Crippen molar-refractivity contribution < 1.29 is 9.18 Å². The average molecular weight is 535 g/mol. The Balaban J connectivity index is 1.25. The number of amides is 2. The molecule has 2 amide bonds. The van der Waals surface area contributed by atoms with Gasteiger partial charge in [0, 0.05) is 30.4 Å². The number of aryl methyl sites for hydroxylation is 1. The molecule has 0 saturated carbocycles. The largest absolute Gasteiger partial charge is 0.331 e. The highest BCUT2D eigenvalue weighted by Crippen LogP contribution is 2.49. The minimum absolute atomic E-state index is 0.108. The number of hydrogen-bond donors (Lipinski definition) is 2. The fourth-order valence-corrected chi connectivity index (χ4v) is 6.41. The highest BCUT2D eigenvalue weighted by atomic mass is 19.1. The number of nitrogens with zero attached hydrogens (tertiary/aromatic N) is 2. The lowest BCUT2D eigenvalue weighted by Gasteiger charge is -2.32. The molecule has 0 saturated heterocycles. The lowest BCUT2D eigenvalue weighted by Crippen LogP contribution is -2.40. The van der Waals surface area contributed by atoms with Crippen LogP contribution in [0.15, 0.2) is 114 Å². The summed E-state index contributed by atoms with van der Waals surface area (Å²) in [5.74, 6) is 0.372. The quantitative estimate of drug-likeness (QED) is 0.343. The first kappa shape index (κ1) is 25.9. The Labute approximate surface area is 235 Å². The van der Waals surface area contributed by atoms with Gasteiger partial charge in [0.05, 0.1) is 17.4 Å². The summed E-state index contributed by atoms with van der Waals surface area (Å²) in [7, 11) is 1.82. The van der Waals surface area contributed by atoms with Crippen LogP contribution in [0.1, 0.15) is 43.4 Å². The summed E-state index contributed by atoms with van der Waals surface area (Å²) in [5.41, 5.74) is 12.6. The van der Waals surface area contributed by atoms with Gasteiger partial charge in [0.15, 0.2) is 0 Å². The molecule has 0 radical (unpaired) electrons. The molecule has 6 rings (SSSR count). The molecule has 1 aliphatic heterocycles. The molecular weight excluding hydrogens is 499 g/mol. The lowest BCUT2D eigenvalue weighted by atomic mass is 9.78. The summed E-state index contributed by atoms with van der Waals surface area (Å²) < 4.78 is 13.5. The molecule has 0 spiro atoms. The smallest absolute Gasteiger partial charge is 0.322 e. The van der Waals surface area contributed by atoms with E-state index in [0.717, 1.165) is 47.5 Å². The van der Waals surface area contributed by atoms with Gasteiger partial charge >= 0.3 is 6.03 Å². The molecule has 2 N–H and O–H groups in total. The first-order valence-corrected chi connectivity index (χ1v) is 14.0.